The van der Waals surface area contributed by atoms with E-state index in [1.54, 1.807) is 0 Å². The molecule has 5 nitrogen and oxygen atoms in total. The molecule has 31 heavy (non-hydrogen) atoms. The van der Waals surface area contributed by atoms with Crippen molar-refractivity contribution >= 4 is 11.6 Å². The summed E-state index contributed by atoms with van der Waals surface area (Å²) in [5, 5.41) is 4.33. The van der Waals surface area contributed by atoms with E-state index in [1.165, 1.54) is 30.4 Å². The highest BCUT2D eigenvalue weighted by molar-refractivity contribution is 5.95. The molecule has 2 aliphatic rings. The molecular formula is C26H34N4O. The molecular weight excluding hydrogens is 384 g/mol. The quantitative estimate of drug-likeness (QED) is 0.723. The van der Waals surface area contributed by atoms with Crippen molar-refractivity contribution in [1.82, 2.24) is 15.2 Å². The van der Waals surface area contributed by atoms with Crippen LogP contribution in [0.3, 0.4) is 0 Å². The molecule has 0 saturated carbocycles. The van der Waals surface area contributed by atoms with Gasteiger partial charge in [-0.3, -0.25) is 9.69 Å². The van der Waals surface area contributed by atoms with Crippen LogP contribution in [0.25, 0.3) is 0 Å². The molecule has 0 atom stereocenters. The van der Waals surface area contributed by atoms with E-state index in [0.29, 0.717) is 5.56 Å². The molecule has 0 unspecified atom stereocenters. The first-order valence-corrected chi connectivity index (χ1v) is 11.6. The fraction of sp³-hybridized carbons (Fsp3) is 0.462. The van der Waals surface area contributed by atoms with Crippen LogP contribution in [0, 0.1) is 5.92 Å². The maximum Gasteiger partial charge on any atom is 0.271 e. The molecule has 2 heterocycles. The van der Waals surface area contributed by atoms with Crippen molar-refractivity contribution in [2.24, 2.45) is 11.0 Å². The Labute approximate surface area is 186 Å². The van der Waals surface area contributed by atoms with Gasteiger partial charge in [0.1, 0.15) is 0 Å². The van der Waals surface area contributed by atoms with Crippen molar-refractivity contribution in [3.8, 4) is 0 Å². The Morgan fingerprint density at radius 1 is 0.935 bits per heavy atom. The molecule has 2 aliphatic heterocycles. The Kier molecular flexibility index (Phi) is 7.49. The smallest absolute Gasteiger partial charge is 0.271 e. The van der Waals surface area contributed by atoms with Crippen LogP contribution in [0.2, 0.25) is 0 Å². The fourth-order valence-corrected chi connectivity index (χ4v) is 4.50. The zero-order chi connectivity index (χ0) is 21.5. The molecule has 0 spiro atoms. The number of likely N-dealkylation sites (tertiary alicyclic amines) is 2. The third-order valence-corrected chi connectivity index (χ3v) is 6.58. The number of carbonyl (C=O) groups excluding carboxylic acids is 1. The van der Waals surface area contributed by atoms with Gasteiger partial charge in [-0.1, -0.05) is 42.5 Å². The van der Waals surface area contributed by atoms with Crippen LogP contribution in [0.4, 0.5) is 0 Å². The van der Waals surface area contributed by atoms with E-state index in [0.717, 1.165) is 57.2 Å². The van der Waals surface area contributed by atoms with Gasteiger partial charge in [0.25, 0.3) is 5.91 Å². The maximum atomic E-state index is 12.4. The molecule has 2 saturated heterocycles. The molecule has 0 aliphatic carbocycles. The number of nitrogens with one attached hydrogen (secondary N) is 1. The van der Waals surface area contributed by atoms with Gasteiger partial charge in [-0.2, -0.15) is 5.10 Å². The second-order valence-electron chi connectivity index (χ2n) is 9.03. The minimum Gasteiger partial charge on any atom is -0.306 e. The molecule has 2 fully saturated rings. The number of benzene rings is 2. The highest BCUT2D eigenvalue weighted by Gasteiger charge is 2.19. The molecule has 1 N–H and O–H groups in total. The lowest BCUT2D eigenvalue weighted by Crippen LogP contribution is -2.33. The summed E-state index contributed by atoms with van der Waals surface area (Å²) in [6.07, 6.45) is 5.56. The first kappa shape index (κ1) is 21.7. The van der Waals surface area contributed by atoms with Crippen LogP contribution >= 0.6 is 0 Å². The summed E-state index contributed by atoms with van der Waals surface area (Å²) in [7, 11) is 2.11. The molecule has 0 bridgehead atoms. The summed E-state index contributed by atoms with van der Waals surface area (Å²) in [4.78, 5) is 17.2. The number of hydrogen-bond acceptors (Lipinski definition) is 4. The monoisotopic (exact) mass is 418 g/mol. The largest absolute Gasteiger partial charge is 0.306 e. The fourth-order valence-electron chi connectivity index (χ4n) is 4.50. The van der Waals surface area contributed by atoms with Crippen molar-refractivity contribution in [2.75, 3.05) is 33.2 Å². The summed E-state index contributed by atoms with van der Waals surface area (Å²) in [6, 6.07) is 18.8. The van der Waals surface area contributed by atoms with Gasteiger partial charge in [0, 0.05) is 43.8 Å². The van der Waals surface area contributed by atoms with E-state index < -0.39 is 0 Å². The van der Waals surface area contributed by atoms with Crippen molar-refractivity contribution in [3.05, 3.63) is 71.3 Å². The van der Waals surface area contributed by atoms with E-state index in [4.69, 9.17) is 0 Å². The molecule has 0 radical (unpaired) electrons. The molecule has 1 amide bonds. The van der Waals surface area contributed by atoms with E-state index in [-0.39, 0.29) is 5.91 Å². The van der Waals surface area contributed by atoms with Crippen LogP contribution in [-0.2, 0) is 13.0 Å². The number of piperidine rings is 2. The molecule has 2 aromatic carbocycles. The second kappa shape index (κ2) is 10.7. The molecule has 164 valence electrons. The molecule has 2 aromatic rings. The standard InChI is InChI=1S/C26H34N4O/c1-29-15-13-25(14-16-29)27-28-26(31)24-9-7-23(8-10-24)20-30-17-11-22(12-18-30)19-21-5-3-2-4-6-21/h2-10,22H,11-20H2,1H3,(H,28,31). The Morgan fingerprint density at radius 2 is 1.61 bits per heavy atom. The highest BCUT2D eigenvalue weighted by Crippen LogP contribution is 2.23. The number of hydrogen-bond donors (Lipinski definition) is 1. The van der Waals surface area contributed by atoms with Gasteiger partial charge in [0.15, 0.2) is 0 Å². The Balaban J connectivity index is 1.22. The van der Waals surface area contributed by atoms with Crippen LogP contribution in [0.1, 0.15) is 47.2 Å². The number of carbonyl (C=O) groups is 1. The third-order valence-electron chi connectivity index (χ3n) is 6.58. The van der Waals surface area contributed by atoms with E-state index in [9.17, 15) is 4.79 Å². The van der Waals surface area contributed by atoms with Crippen LogP contribution in [0.15, 0.2) is 59.7 Å². The highest BCUT2D eigenvalue weighted by atomic mass is 16.2. The van der Waals surface area contributed by atoms with E-state index in [2.05, 4.69) is 69.8 Å². The molecule has 5 heteroatoms. The number of rotatable bonds is 6. The van der Waals surface area contributed by atoms with Crippen LogP contribution < -0.4 is 5.43 Å². The first-order chi connectivity index (χ1) is 15.2. The average Bonchev–Trinajstić information content (AvgIpc) is 2.81. The summed E-state index contributed by atoms with van der Waals surface area (Å²) >= 11 is 0. The minimum absolute atomic E-state index is 0.125. The Hall–Kier alpha value is -2.50. The minimum atomic E-state index is -0.125. The SMILES string of the molecule is CN1CCC(=NNC(=O)c2ccc(CN3CCC(Cc4ccccc4)CC3)cc2)CC1. The number of hydrazone groups is 1. The summed E-state index contributed by atoms with van der Waals surface area (Å²) < 4.78 is 0. The van der Waals surface area contributed by atoms with Crippen molar-refractivity contribution < 1.29 is 4.79 Å². The summed E-state index contributed by atoms with van der Waals surface area (Å²) in [6.45, 7) is 5.26. The molecule has 4 rings (SSSR count). The average molecular weight is 419 g/mol. The van der Waals surface area contributed by atoms with Crippen LogP contribution in [0.5, 0.6) is 0 Å². The van der Waals surface area contributed by atoms with Crippen molar-refractivity contribution in [1.29, 1.82) is 0 Å². The predicted molar refractivity (Wildman–Crippen MR) is 126 cm³/mol. The van der Waals surface area contributed by atoms with Gasteiger partial charge in [0.05, 0.1) is 0 Å². The van der Waals surface area contributed by atoms with Crippen molar-refractivity contribution in [3.63, 3.8) is 0 Å². The Bertz CT molecular complexity index is 860. The van der Waals surface area contributed by atoms with Gasteiger partial charge >= 0.3 is 0 Å². The Morgan fingerprint density at radius 3 is 2.29 bits per heavy atom. The lowest BCUT2D eigenvalue weighted by Gasteiger charge is -2.32. The van der Waals surface area contributed by atoms with E-state index in [1.807, 2.05) is 12.1 Å². The van der Waals surface area contributed by atoms with Gasteiger partial charge < -0.3 is 4.90 Å². The van der Waals surface area contributed by atoms with Gasteiger partial charge in [-0.15, -0.1) is 0 Å². The first-order valence-electron chi connectivity index (χ1n) is 11.6. The summed E-state index contributed by atoms with van der Waals surface area (Å²) in [5.74, 6) is 0.663. The third kappa shape index (κ3) is 6.49. The number of amides is 1. The zero-order valence-corrected chi connectivity index (χ0v) is 18.6. The lowest BCUT2D eigenvalue weighted by molar-refractivity contribution is 0.0954. The van der Waals surface area contributed by atoms with Gasteiger partial charge in [-0.05, 0) is 68.6 Å². The van der Waals surface area contributed by atoms with Crippen LogP contribution in [-0.4, -0.2) is 54.6 Å². The van der Waals surface area contributed by atoms with E-state index >= 15 is 0 Å². The van der Waals surface area contributed by atoms with Gasteiger partial charge in [-0.25, -0.2) is 5.43 Å². The number of nitrogens with zero attached hydrogens (tertiary/aromatic N) is 3. The maximum absolute atomic E-state index is 12.4. The summed E-state index contributed by atoms with van der Waals surface area (Å²) in [5.41, 5.74) is 7.20. The molecule has 0 aromatic heterocycles. The predicted octanol–water partition coefficient (Wildman–Crippen LogP) is 3.95. The van der Waals surface area contributed by atoms with Crippen molar-refractivity contribution in [2.45, 2.75) is 38.6 Å². The van der Waals surface area contributed by atoms with Gasteiger partial charge in [0.2, 0.25) is 0 Å². The lowest BCUT2D eigenvalue weighted by atomic mass is 9.90. The second-order valence-corrected chi connectivity index (χ2v) is 9.03. The normalized spacial score (nSPS) is 18.7. The topological polar surface area (TPSA) is 47.9 Å². The zero-order valence-electron chi connectivity index (χ0n) is 18.6.